The average molecular weight is 515 g/mol. The number of pyridine rings is 1. The van der Waals surface area contributed by atoms with Crippen LogP contribution in [0, 0.1) is 18.3 Å². The van der Waals surface area contributed by atoms with E-state index in [9.17, 15) is 0 Å². The second kappa shape index (κ2) is 8.81. The van der Waals surface area contributed by atoms with E-state index in [1.165, 1.54) is 85.9 Å². The van der Waals surface area contributed by atoms with Gasteiger partial charge in [-0.2, -0.15) is 0 Å². The normalized spacial score (nSPS) is 16.7. The minimum Gasteiger partial charge on any atom is -0.455 e. The van der Waals surface area contributed by atoms with Gasteiger partial charge in [0.15, 0.2) is 6.20 Å². The molecule has 2 heterocycles. The van der Waals surface area contributed by atoms with Gasteiger partial charge < -0.3 is 4.74 Å². The maximum Gasteiger partial charge on any atom is 0.228 e. The summed E-state index contributed by atoms with van der Waals surface area (Å²) >= 11 is 0. The lowest BCUT2D eigenvalue weighted by Gasteiger charge is -2.35. The van der Waals surface area contributed by atoms with Crippen LogP contribution >= 0.6 is 0 Å². The van der Waals surface area contributed by atoms with E-state index in [-0.39, 0.29) is 0 Å². The molecule has 0 N–H and O–H groups in total. The summed E-state index contributed by atoms with van der Waals surface area (Å²) in [6.07, 6.45) is 8.37. The van der Waals surface area contributed by atoms with Crippen molar-refractivity contribution in [1.29, 1.82) is 0 Å². The van der Waals surface area contributed by atoms with Crippen molar-refractivity contribution in [3.8, 4) is 22.8 Å². The van der Waals surface area contributed by atoms with Gasteiger partial charge in [0.1, 0.15) is 18.5 Å². The van der Waals surface area contributed by atoms with Crippen LogP contribution in [-0.2, 0) is 13.5 Å². The highest BCUT2D eigenvalue weighted by molar-refractivity contribution is 6.16. The topological polar surface area (TPSA) is 13.1 Å². The van der Waals surface area contributed by atoms with Gasteiger partial charge >= 0.3 is 0 Å². The van der Waals surface area contributed by atoms with E-state index in [4.69, 9.17) is 4.74 Å². The average Bonchev–Trinajstić information content (AvgIpc) is 2.91. The van der Waals surface area contributed by atoms with Gasteiger partial charge in [-0.3, -0.25) is 0 Å². The highest BCUT2D eigenvalue weighted by atomic mass is 16.5. The van der Waals surface area contributed by atoms with Crippen LogP contribution in [0.1, 0.15) is 76.0 Å². The summed E-state index contributed by atoms with van der Waals surface area (Å²) in [6.45, 7) is 11.7. The molecule has 1 aromatic heterocycles. The van der Waals surface area contributed by atoms with E-state index in [1.54, 1.807) is 0 Å². The maximum absolute atomic E-state index is 7.10. The fourth-order valence-electron chi connectivity index (χ4n) is 7.52. The largest absolute Gasteiger partial charge is 0.455 e. The van der Waals surface area contributed by atoms with Crippen LogP contribution in [0.3, 0.4) is 0 Å². The zero-order chi connectivity index (χ0) is 27.1. The highest BCUT2D eigenvalue weighted by Crippen LogP contribution is 2.53. The van der Waals surface area contributed by atoms with Crippen molar-refractivity contribution in [2.45, 2.75) is 72.6 Å². The third kappa shape index (κ3) is 3.78. The molecule has 0 unspecified atom stereocenters. The molecule has 2 heteroatoms. The Kier molecular flexibility index (Phi) is 5.57. The van der Waals surface area contributed by atoms with Gasteiger partial charge in [-0.1, -0.05) is 70.2 Å². The first-order valence-electron chi connectivity index (χ1n) is 14.8. The van der Waals surface area contributed by atoms with Gasteiger partial charge in [-0.15, -0.1) is 0 Å². The van der Waals surface area contributed by atoms with Crippen molar-refractivity contribution in [1.82, 2.24) is 0 Å². The van der Waals surface area contributed by atoms with E-state index in [2.05, 4.69) is 107 Å². The first kappa shape index (κ1) is 24.6. The number of hydrogen-bond acceptors (Lipinski definition) is 1. The molecule has 2 aliphatic rings. The third-order valence-corrected chi connectivity index (χ3v) is 9.65. The van der Waals surface area contributed by atoms with Crippen LogP contribution in [0.25, 0.3) is 43.6 Å². The predicted octanol–water partition coefficient (Wildman–Crippen LogP) is 9.93. The summed E-state index contributed by atoms with van der Waals surface area (Å²) in [4.78, 5) is 0. The van der Waals surface area contributed by atoms with E-state index in [0.29, 0.717) is 17.3 Å². The molecular formula is C37H40NO+. The molecular weight excluding hydrogens is 474 g/mol. The van der Waals surface area contributed by atoms with Crippen LogP contribution in [0.5, 0.6) is 11.5 Å². The van der Waals surface area contributed by atoms with Gasteiger partial charge in [0.2, 0.25) is 5.69 Å². The van der Waals surface area contributed by atoms with E-state index in [0.717, 1.165) is 17.9 Å². The monoisotopic (exact) mass is 514 g/mol. The highest BCUT2D eigenvalue weighted by Gasteiger charge is 2.34. The summed E-state index contributed by atoms with van der Waals surface area (Å²) in [5, 5.41) is 7.93. The Morgan fingerprint density at radius 2 is 1.62 bits per heavy atom. The van der Waals surface area contributed by atoms with Crippen LogP contribution in [0.4, 0.5) is 0 Å². The molecule has 0 atom stereocenters. The maximum atomic E-state index is 7.10. The number of fused-ring (bicyclic) bond motifs is 5. The van der Waals surface area contributed by atoms with Gasteiger partial charge in [0.05, 0.1) is 10.9 Å². The van der Waals surface area contributed by atoms with Gasteiger partial charge in [-0.25, -0.2) is 4.57 Å². The van der Waals surface area contributed by atoms with Crippen LogP contribution in [0.2, 0.25) is 0 Å². The number of aryl methyl sites for hydroxylation is 2. The fraction of sp³-hybridized carbons (Fsp3) is 0.378. The Bertz CT molecular complexity index is 1780. The summed E-state index contributed by atoms with van der Waals surface area (Å²) in [6, 6.07) is 20.6. The Balaban J connectivity index is 1.54. The van der Waals surface area contributed by atoms with Crippen LogP contribution in [-0.4, -0.2) is 0 Å². The molecule has 0 spiro atoms. The Labute approximate surface area is 232 Å². The molecule has 7 rings (SSSR count). The minimum absolute atomic E-state index is 0.462. The lowest BCUT2D eigenvalue weighted by Crippen LogP contribution is -2.32. The molecule has 0 saturated heterocycles. The molecule has 0 radical (unpaired) electrons. The van der Waals surface area contributed by atoms with Crippen molar-refractivity contribution in [2.24, 2.45) is 18.4 Å². The van der Waals surface area contributed by atoms with Crippen molar-refractivity contribution in [3.05, 3.63) is 77.5 Å². The third-order valence-electron chi connectivity index (χ3n) is 9.65. The molecule has 1 aliphatic carbocycles. The van der Waals surface area contributed by atoms with Crippen molar-refractivity contribution < 1.29 is 9.30 Å². The molecule has 1 fully saturated rings. The molecule has 198 valence electrons. The van der Waals surface area contributed by atoms with Gasteiger partial charge in [-0.05, 0) is 95.0 Å². The van der Waals surface area contributed by atoms with Crippen molar-refractivity contribution >= 4 is 32.3 Å². The SMILES string of the molecule is Cc1c2c(c(CC(C)C)c3ccccc13)Oc1cc3c(C4CCC(C)(C)CC4)cccc3c3cc[n+](C)c-2c13. The van der Waals surface area contributed by atoms with E-state index < -0.39 is 0 Å². The number of aromatic nitrogens is 1. The smallest absolute Gasteiger partial charge is 0.228 e. The zero-order valence-electron chi connectivity index (χ0n) is 24.3. The molecule has 5 aromatic rings. The Morgan fingerprint density at radius 3 is 2.36 bits per heavy atom. The number of nitrogens with zero attached hydrogens (tertiary/aromatic N) is 1. The number of benzene rings is 4. The molecule has 0 amide bonds. The Hall–Kier alpha value is -3.39. The van der Waals surface area contributed by atoms with E-state index >= 15 is 0 Å². The van der Waals surface area contributed by atoms with Crippen LogP contribution in [0.15, 0.2) is 60.8 Å². The summed E-state index contributed by atoms with van der Waals surface area (Å²) in [7, 11) is 2.19. The first-order valence-corrected chi connectivity index (χ1v) is 14.8. The molecule has 1 saturated carbocycles. The molecule has 2 nitrogen and oxygen atoms in total. The summed E-state index contributed by atoms with van der Waals surface area (Å²) in [5.41, 5.74) is 7.15. The summed E-state index contributed by atoms with van der Waals surface area (Å²) in [5.74, 6) is 3.23. The Morgan fingerprint density at radius 1 is 0.897 bits per heavy atom. The van der Waals surface area contributed by atoms with Crippen molar-refractivity contribution in [2.75, 3.05) is 0 Å². The van der Waals surface area contributed by atoms with Crippen LogP contribution < -0.4 is 9.30 Å². The second-order valence-corrected chi connectivity index (χ2v) is 13.4. The first-order chi connectivity index (χ1) is 18.7. The number of rotatable bonds is 3. The summed E-state index contributed by atoms with van der Waals surface area (Å²) < 4.78 is 9.41. The van der Waals surface area contributed by atoms with Crippen molar-refractivity contribution in [3.63, 3.8) is 0 Å². The quantitative estimate of drug-likeness (QED) is 0.169. The minimum atomic E-state index is 0.462. The molecule has 0 bridgehead atoms. The lowest BCUT2D eigenvalue weighted by atomic mass is 9.70. The van der Waals surface area contributed by atoms with Gasteiger partial charge in [0.25, 0.3) is 0 Å². The lowest BCUT2D eigenvalue weighted by molar-refractivity contribution is -0.659. The van der Waals surface area contributed by atoms with E-state index in [1.807, 2.05) is 0 Å². The standard InChI is InChI=1S/C37H40NO/c1-22(2)20-31-27-11-8-7-10-25(27)23(3)33-35-34-29(16-19-38(35)6)28-13-9-12-26(24-14-17-37(4,5)18-15-24)30(28)21-32(34)39-36(31)33/h7-13,16,19,21-22,24H,14-15,17-18,20H2,1-6H3/q+1. The number of ether oxygens (including phenoxy) is 1. The fourth-order valence-corrected chi connectivity index (χ4v) is 7.52. The molecule has 1 aliphatic heterocycles. The predicted molar refractivity (Wildman–Crippen MR) is 164 cm³/mol. The van der Waals surface area contributed by atoms with Gasteiger partial charge in [0, 0.05) is 17.0 Å². The number of hydrogen-bond donors (Lipinski definition) is 0. The molecule has 4 aromatic carbocycles. The zero-order valence-corrected chi connectivity index (χ0v) is 24.3. The second-order valence-electron chi connectivity index (χ2n) is 13.4. The molecule has 39 heavy (non-hydrogen) atoms.